The Morgan fingerprint density at radius 1 is 0.607 bits per heavy atom. The van der Waals surface area contributed by atoms with Crippen LogP contribution < -0.4 is 0 Å². The van der Waals surface area contributed by atoms with Crippen molar-refractivity contribution in [3.63, 3.8) is 0 Å². The van der Waals surface area contributed by atoms with E-state index in [1.807, 2.05) is 0 Å². The zero-order valence-corrected chi connectivity index (χ0v) is 16.1. The van der Waals surface area contributed by atoms with E-state index in [2.05, 4.69) is 72.8 Å². The zero-order valence-electron chi connectivity index (χ0n) is 16.1. The molecule has 28 heavy (non-hydrogen) atoms. The third kappa shape index (κ3) is 2.36. The summed E-state index contributed by atoms with van der Waals surface area (Å²) in [6, 6.07) is 26.6. The maximum Gasteiger partial charge on any atom is 0.0686 e. The van der Waals surface area contributed by atoms with Gasteiger partial charge in [0.2, 0.25) is 0 Å². The highest BCUT2D eigenvalue weighted by atomic mass is 16.3. The average Bonchev–Trinajstić information content (AvgIpc) is 3.40. The van der Waals surface area contributed by atoms with Crippen LogP contribution >= 0.6 is 0 Å². The van der Waals surface area contributed by atoms with E-state index in [4.69, 9.17) is 0 Å². The highest BCUT2D eigenvalue weighted by Crippen LogP contribution is 2.56. The van der Waals surface area contributed by atoms with Crippen molar-refractivity contribution in [1.82, 2.24) is 0 Å². The van der Waals surface area contributed by atoms with E-state index < -0.39 is 0 Å². The summed E-state index contributed by atoms with van der Waals surface area (Å²) in [7, 11) is 0. The third-order valence-electron chi connectivity index (χ3n) is 7.65. The molecule has 0 bridgehead atoms. The topological polar surface area (TPSA) is 20.2 Å². The van der Waals surface area contributed by atoms with Crippen LogP contribution in [0.5, 0.6) is 0 Å². The van der Waals surface area contributed by atoms with Gasteiger partial charge in [-0.2, -0.15) is 0 Å². The molecule has 0 aliphatic heterocycles. The van der Waals surface area contributed by atoms with E-state index in [1.165, 1.54) is 33.4 Å². The molecular weight excluding hydrogens is 340 g/mol. The molecule has 1 nitrogen and oxygen atoms in total. The van der Waals surface area contributed by atoms with Crippen molar-refractivity contribution in [2.24, 2.45) is 5.92 Å². The molecule has 1 heteroatoms. The lowest BCUT2D eigenvalue weighted by Crippen LogP contribution is -2.27. The molecule has 3 aromatic rings. The lowest BCUT2D eigenvalue weighted by Gasteiger charge is -2.29. The molecule has 0 radical (unpaired) electrons. The smallest absolute Gasteiger partial charge is 0.0686 e. The normalized spacial score (nSPS) is 28.2. The first-order chi connectivity index (χ1) is 13.8. The fourth-order valence-corrected chi connectivity index (χ4v) is 6.51. The van der Waals surface area contributed by atoms with Gasteiger partial charge in [-0.05, 0) is 70.9 Å². The van der Waals surface area contributed by atoms with Gasteiger partial charge in [0.25, 0.3) is 0 Å². The van der Waals surface area contributed by atoms with Crippen LogP contribution in [-0.2, 0) is 19.3 Å². The molecule has 3 aliphatic rings. The van der Waals surface area contributed by atoms with Crippen molar-refractivity contribution >= 4 is 0 Å². The number of hydrogen-bond donors (Lipinski definition) is 1. The minimum atomic E-state index is -0.284. The predicted molar refractivity (Wildman–Crippen MR) is 113 cm³/mol. The first-order valence-corrected chi connectivity index (χ1v) is 10.7. The van der Waals surface area contributed by atoms with Gasteiger partial charge in [0.15, 0.2) is 0 Å². The maximum atomic E-state index is 11.7. The second-order valence-electron chi connectivity index (χ2n) is 8.95. The molecule has 4 unspecified atom stereocenters. The molecule has 0 fully saturated rings. The summed E-state index contributed by atoms with van der Waals surface area (Å²) in [6.07, 6.45) is 4.21. The van der Waals surface area contributed by atoms with E-state index in [9.17, 15) is 5.11 Å². The van der Waals surface area contributed by atoms with Crippen LogP contribution in [0.25, 0.3) is 0 Å². The van der Waals surface area contributed by atoms with Crippen LogP contribution in [0.2, 0.25) is 0 Å². The summed E-state index contributed by atoms with van der Waals surface area (Å²) in [5, 5.41) is 11.7. The molecular formula is C27H26O. The van der Waals surface area contributed by atoms with Gasteiger partial charge >= 0.3 is 0 Å². The van der Waals surface area contributed by atoms with Crippen LogP contribution in [0, 0.1) is 5.92 Å². The Hall–Kier alpha value is -2.38. The number of benzene rings is 3. The highest BCUT2D eigenvalue weighted by Gasteiger charge is 2.48. The summed E-state index contributed by atoms with van der Waals surface area (Å²) in [6.45, 7) is 0. The Balaban J connectivity index is 1.40. The van der Waals surface area contributed by atoms with Crippen molar-refractivity contribution in [3.8, 4) is 0 Å². The highest BCUT2D eigenvalue weighted by molar-refractivity contribution is 5.48. The molecule has 0 saturated heterocycles. The lowest BCUT2D eigenvalue weighted by molar-refractivity contribution is 0.0957. The molecule has 0 amide bonds. The van der Waals surface area contributed by atoms with E-state index >= 15 is 0 Å². The van der Waals surface area contributed by atoms with Gasteiger partial charge in [0.1, 0.15) is 0 Å². The Labute approximate surface area is 167 Å². The summed E-state index contributed by atoms with van der Waals surface area (Å²) in [4.78, 5) is 0. The Bertz CT molecular complexity index is 1010. The largest absolute Gasteiger partial charge is 0.392 e. The molecule has 0 aromatic heterocycles. The van der Waals surface area contributed by atoms with E-state index in [-0.39, 0.29) is 17.9 Å². The number of fused-ring (bicyclic) bond motifs is 3. The van der Waals surface area contributed by atoms with E-state index in [0.717, 1.165) is 25.7 Å². The van der Waals surface area contributed by atoms with Crippen molar-refractivity contribution in [3.05, 3.63) is 106 Å². The maximum absolute atomic E-state index is 11.7. The van der Waals surface area contributed by atoms with Crippen LogP contribution in [0.1, 0.15) is 57.6 Å². The number of aryl methyl sites for hydroxylation is 1. The van der Waals surface area contributed by atoms with E-state index in [1.54, 1.807) is 0 Å². The number of aliphatic hydroxyl groups is 1. The minimum Gasteiger partial charge on any atom is -0.392 e. The van der Waals surface area contributed by atoms with Crippen molar-refractivity contribution < 1.29 is 5.11 Å². The summed E-state index contributed by atoms with van der Waals surface area (Å²) in [5.41, 5.74) is 8.71. The lowest BCUT2D eigenvalue weighted by atomic mass is 9.78. The number of aliphatic hydroxyl groups excluding tert-OH is 1. The van der Waals surface area contributed by atoms with Crippen LogP contribution in [-0.4, -0.2) is 11.2 Å². The average molecular weight is 367 g/mol. The second-order valence-corrected chi connectivity index (χ2v) is 8.95. The molecule has 6 rings (SSSR count). The molecule has 140 valence electrons. The van der Waals surface area contributed by atoms with Gasteiger partial charge in [0.05, 0.1) is 6.10 Å². The Kier molecular flexibility index (Phi) is 3.74. The molecule has 3 aliphatic carbocycles. The van der Waals surface area contributed by atoms with E-state index in [0.29, 0.717) is 11.8 Å². The van der Waals surface area contributed by atoms with Gasteiger partial charge in [-0.25, -0.2) is 0 Å². The number of hydrogen-bond acceptors (Lipinski definition) is 1. The molecule has 3 aromatic carbocycles. The molecule has 0 spiro atoms. The summed E-state index contributed by atoms with van der Waals surface area (Å²) in [5.74, 6) is 1.44. The van der Waals surface area contributed by atoms with Gasteiger partial charge < -0.3 is 5.11 Å². The third-order valence-corrected chi connectivity index (χ3v) is 7.65. The fourth-order valence-electron chi connectivity index (χ4n) is 6.51. The monoisotopic (exact) mass is 366 g/mol. The Morgan fingerprint density at radius 2 is 1.14 bits per heavy atom. The minimum absolute atomic E-state index is 0.230. The number of rotatable bonds is 2. The first-order valence-electron chi connectivity index (χ1n) is 10.7. The van der Waals surface area contributed by atoms with Gasteiger partial charge in [0, 0.05) is 11.8 Å². The standard InChI is InChI=1S/C27H26O/c28-27-25(20-15-18-8-1-2-9-19(18)16-20)22-11-5-6-12-23(22)26(27)24-14-13-17-7-3-4-10-21(17)24/h1-12,20,24-28H,13-16H2. The molecule has 4 atom stereocenters. The van der Waals surface area contributed by atoms with Gasteiger partial charge in [-0.3, -0.25) is 0 Å². The van der Waals surface area contributed by atoms with Crippen LogP contribution in [0.3, 0.4) is 0 Å². The molecule has 0 saturated carbocycles. The van der Waals surface area contributed by atoms with Crippen LogP contribution in [0.4, 0.5) is 0 Å². The zero-order chi connectivity index (χ0) is 18.7. The van der Waals surface area contributed by atoms with Crippen molar-refractivity contribution in [2.45, 2.75) is 49.5 Å². The fraction of sp³-hybridized carbons (Fsp3) is 0.333. The van der Waals surface area contributed by atoms with Crippen molar-refractivity contribution in [1.29, 1.82) is 0 Å². The molecule has 1 N–H and O–H groups in total. The van der Waals surface area contributed by atoms with Gasteiger partial charge in [-0.15, -0.1) is 0 Å². The second kappa shape index (κ2) is 6.32. The summed E-state index contributed by atoms with van der Waals surface area (Å²) >= 11 is 0. The van der Waals surface area contributed by atoms with Crippen molar-refractivity contribution in [2.75, 3.05) is 0 Å². The SMILES string of the molecule is OC1C(C2Cc3ccccc3C2)c2ccccc2C1C1CCc2ccccc21. The van der Waals surface area contributed by atoms with Gasteiger partial charge in [-0.1, -0.05) is 72.8 Å². The Morgan fingerprint density at radius 3 is 1.82 bits per heavy atom. The quantitative estimate of drug-likeness (QED) is 0.646. The first kappa shape index (κ1) is 16.6. The molecule has 0 heterocycles. The summed E-state index contributed by atoms with van der Waals surface area (Å²) < 4.78 is 0. The van der Waals surface area contributed by atoms with Crippen LogP contribution in [0.15, 0.2) is 72.8 Å². The predicted octanol–water partition coefficient (Wildman–Crippen LogP) is 5.37.